The maximum absolute atomic E-state index is 4.48. The number of allylic oxidation sites excluding steroid dienone is 5. The van der Waals surface area contributed by atoms with Gasteiger partial charge >= 0.3 is 0 Å². The van der Waals surface area contributed by atoms with Crippen LogP contribution in [0.3, 0.4) is 0 Å². The molecule has 0 saturated carbocycles. The molecule has 3 aromatic rings. The summed E-state index contributed by atoms with van der Waals surface area (Å²) < 4.78 is 2.71. The van der Waals surface area contributed by atoms with Crippen molar-refractivity contribution in [3.8, 4) is 0 Å². The smallest absolute Gasteiger partial charge is 0.0436 e. The molecule has 2 aromatic carbocycles. The first-order valence-corrected chi connectivity index (χ1v) is 10.8. The van der Waals surface area contributed by atoms with Crippen molar-refractivity contribution in [2.75, 3.05) is 0 Å². The molecule has 0 spiro atoms. The van der Waals surface area contributed by atoms with Crippen LogP contribution in [0.1, 0.15) is 58.2 Å². The Bertz CT molecular complexity index is 1090. The molecule has 3 rings (SSSR count). The van der Waals surface area contributed by atoms with Crippen LogP contribution in [-0.2, 0) is 5.41 Å². The van der Waals surface area contributed by atoms with Gasteiger partial charge < -0.3 is 0 Å². The highest BCUT2D eigenvalue weighted by atomic mass is 32.1. The van der Waals surface area contributed by atoms with Crippen LogP contribution in [0.2, 0.25) is 0 Å². The molecule has 0 amide bonds. The van der Waals surface area contributed by atoms with E-state index < -0.39 is 0 Å². The number of fused-ring (bicyclic) bond motifs is 3. The fourth-order valence-electron chi connectivity index (χ4n) is 3.56. The zero-order valence-electron chi connectivity index (χ0n) is 18.3. The molecular weight excluding hydrogens is 356 g/mol. The SMILES string of the molecule is C=C(/C=C\C=C/C)c1c(C(C)(C)C(C)(C)C)ccc2c1sc1cc(C)ccc12. The van der Waals surface area contributed by atoms with Gasteiger partial charge in [-0.1, -0.05) is 89.8 Å². The minimum Gasteiger partial charge on any atom is -0.135 e. The summed E-state index contributed by atoms with van der Waals surface area (Å²) >= 11 is 1.90. The van der Waals surface area contributed by atoms with Crippen molar-refractivity contribution < 1.29 is 0 Å². The predicted molar refractivity (Wildman–Crippen MR) is 130 cm³/mol. The lowest BCUT2D eigenvalue weighted by Gasteiger charge is -2.41. The molecule has 0 nitrogen and oxygen atoms in total. The molecule has 28 heavy (non-hydrogen) atoms. The maximum Gasteiger partial charge on any atom is 0.0436 e. The Morgan fingerprint density at radius 3 is 2.29 bits per heavy atom. The number of rotatable bonds is 4. The van der Waals surface area contributed by atoms with Gasteiger partial charge in [-0.2, -0.15) is 0 Å². The Morgan fingerprint density at radius 2 is 1.64 bits per heavy atom. The largest absolute Gasteiger partial charge is 0.135 e. The van der Waals surface area contributed by atoms with E-state index in [1.165, 1.54) is 36.9 Å². The zero-order chi connectivity index (χ0) is 20.7. The zero-order valence-corrected chi connectivity index (χ0v) is 19.1. The number of hydrogen-bond donors (Lipinski definition) is 0. The van der Waals surface area contributed by atoms with Crippen LogP contribution in [0.4, 0.5) is 0 Å². The van der Waals surface area contributed by atoms with Crippen LogP contribution in [0.25, 0.3) is 25.7 Å². The minimum absolute atomic E-state index is 0.0139. The maximum atomic E-state index is 4.48. The number of aryl methyl sites for hydroxylation is 1. The van der Waals surface area contributed by atoms with Gasteiger partial charge in [0.05, 0.1) is 0 Å². The molecule has 0 bridgehead atoms. The van der Waals surface area contributed by atoms with Crippen LogP contribution in [-0.4, -0.2) is 0 Å². The van der Waals surface area contributed by atoms with E-state index in [4.69, 9.17) is 0 Å². The van der Waals surface area contributed by atoms with Crippen LogP contribution in [0.5, 0.6) is 0 Å². The first-order valence-electron chi connectivity index (χ1n) is 10.0. The molecule has 0 aliphatic rings. The van der Waals surface area contributed by atoms with Gasteiger partial charge in [-0.15, -0.1) is 11.3 Å². The number of thiophene rings is 1. The van der Waals surface area contributed by atoms with Gasteiger partial charge in [-0.3, -0.25) is 0 Å². The molecule has 1 heteroatoms. The second-order valence-electron chi connectivity index (χ2n) is 9.25. The molecule has 0 N–H and O–H groups in total. The molecule has 0 saturated heterocycles. The first-order chi connectivity index (χ1) is 13.1. The average molecular weight is 389 g/mol. The standard InChI is InChI=1S/C27H32S/c1-9-10-11-12-19(3)24-22(27(7,8)26(4,5)6)16-15-21-20-14-13-18(2)17-23(20)28-25(21)24/h9-17H,3H2,1-2,4-8H3/b10-9-,12-11-. The lowest BCUT2D eigenvalue weighted by Crippen LogP contribution is -2.34. The van der Waals surface area contributed by atoms with Crippen molar-refractivity contribution in [1.29, 1.82) is 0 Å². The third-order valence-electron chi connectivity index (χ3n) is 6.27. The van der Waals surface area contributed by atoms with Gasteiger partial charge in [0.25, 0.3) is 0 Å². The molecule has 0 radical (unpaired) electrons. The Hall–Kier alpha value is -2.12. The van der Waals surface area contributed by atoms with E-state index in [1.54, 1.807) is 0 Å². The van der Waals surface area contributed by atoms with E-state index in [1.807, 2.05) is 24.3 Å². The van der Waals surface area contributed by atoms with Crippen molar-refractivity contribution >= 4 is 37.1 Å². The Balaban J connectivity index is 2.39. The lowest BCUT2D eigenvalue weighted by atomic mass is 9.64. The quantitative estimate of drug-likeness (QED) is 0.392. The van der Waals surface area contributed by atoms with Gasteiger partial charge in [0.2, 0.25) is 0 Å². The van der Waals surface area contributed by atoms with Crippen molar-refractivity contribution in [3.05, 3.63) is 77.9 Å². The highest BCUT2D eigenvalue weighted by Crippen LogP contribution is 2.48. The van der Waals surface area contributed by atoms with E-state index in [0.717, 1.165) is 5.57 Å². The lowest BCUT2D eigenvalue weighted by molar-refractivity contribution is 0.225. The normalized spacial score (nSPS) is 13.4. The van der Waals surface area contributed by atoms with E-state index in [9.17, 15) is 0 Å². The van der Waals surface area contributed by atoms with Crippen molar-refractivity contribution in [2.24, 2.45) is 5.41 Å². The Kier molecular flexibility index (Phi) is 5.42. The highest BCUT2D eigenvalue weighted by molar-refractivity contribution is 7.26. The summed E-state index contributed by atoms with van der Waals surface area (Å²) in [7, 11) is 0. The minimum atomic E-state index is 0.0139. The summed E-state index contributed by atoms with van der Waals surface area (Å²) in [5.41, 5.74) is 5.22. The summed E-state index contributed by atoms with van der Waals surface area (Å²) in [6.07, 6.45) is 8.35. The van der Waals surface area contributed by atoms with Crippen LogP contribution in [0, 0.1) is 12.3 Å². The van der Waals surface area contributed by atoms with Crippen molar-refractivity contribution in [2.45, 2.75) is 53.9 Å². The topological polar surface area (TPSA) is 0 Å². The van der Waals surface area contributed by atoms with Crippen LogP contribution < -0.4 is 0 Å². The van der Waals surface area contributed by atoms with Gasteiger partial charge in [-0.05, 0) is 47.4 Å². The van der Waals surface area contributed by atoms with Gasteiger partial charge in [0.1, 0.15) is 0 Å². The second kappa shape index (κ2) is 7.37. The fourth-order valence-corrected chi connectivity index (χ4v) is 4.94. The molecule has 0 unspecified atom stereocenters. The second-order valence-corrected chi connectivity index (χ2v) is 10.3. The summed E-state index contributed by atoms with van der Waals surface area (Å²) in [6, 6.07) is 11.4. The van der Waals surface area contributed by atoms with Gasteiger partial charge in [-0.25, -0.2) is 0 Å². The van der Waals surface area contributed by atoms with Gasteiger partial charge in [0, 0.05) is 25.7 Å². The predicted octanol–water partition coefficient (Wildman–Crippen LogP) is 8.83. The molecule has 0 fully saturated rings. The third-order valence-corrected chi connectivity index (χ3v) is 7.45. The van der Waals surface area contributed by atoms with E-state index in [-0.39, 0.29) is 10.8 Å². The van der Waals surface area contributed by atoms with Crippen LogP contribution >= 0.6 is 11.3 Å². The summed E-state index contributed by atoms with van der Waals surface area (Å²) in [5.74, 6) is 0. The van der Waals surface area contributed by atoms with Gasteiger partial charge in [0.15, 0.2) is 0 Å². The molecular formula is C27H32S. The average Bonchev–Trinajstić information content (AvgIpc) is 2.97. The van der Waals surface area contributed by atoms with E-state index in [0.29, 0.717) is 0 Å². The number of hydrogen-bond acceptors (Lipinski definition) is 1. The fraction of sp³-hybridized carbons (Fsp3) is 0.333. The third kappa shape index (κ3) is 3.49. The van der Waals surface area contributed by atoms with E-state index in [2.05, 4.69) is 96.7 Å². The summed E-state index contributed by atoms with van der Waals surface area (Å²) in [4.78, 5) is 0. The number of benzene rings is 2. The molecule has 146 valence electrons. The van der Waals surface area contributed by atoms with E-state index >= 15 is 0 Å². The Morgan fingerprint density at radius 1 is 0.964 bits per heavy atom. The van der Waals surface area contributed by atoms with Crippen molar-refractivity contribution in [3.63, 3.8) is 0 Å². The summed E-state index contributed by atoms with van der Waals surface area (Å²) in [6.45, 7) is 20.4. The monoisotopic (exact) mass is 388 g/mol. The first kappa shape index (κ1) is 20.6. The molecule has 1 aromatic heterocycles. The van der Waals surface area contributed by atoms with Crippen molar-refractivity contribution in [1.82, 2.24) is 0 Å². The van der Waals surface area contributed by atoms with Crippen LogP contribution in [0.15, 0.2) is 61.2 Å². The Labute approximate surface area is 174 Å². The molecule has 1 heterocycles. The molecule has 0 aliphatic carbocycles. The molecule has 0 atom stereocenters. The highest BCUT2D eigenvalue weighted by Gasteiger charge is 2.37. The summed E-state index contributed by atoms with van der Waals surface area (Å²) in [5, 5.41) is 2.68. The molecule has 0 aliphatic heterocycles.